The predicted octanol–water partition coefficient (Wildman–Crippen LogP) is 11.4. The molecule has 0 saturated carbocycles. The minimum absolute atomic E-state index is 0.761. The van der Waals surface area contributed by atoms with E-state index < -0.39 is 0 Å². The van der Waals surface area contributed by atoms with Crippen LogP contribution in [0.2, 0.25) is 0 Å². The van der Waals surface area contributed by atoms with Crippen LogP contribution in [0.5, 0.6) is 0 Å². The molecule has 0 amide bonds. The minimum atomic E-state index is 0.761. The van der Waals surface area contributed by atoms with Gasteiger partial charge in [0.1, 0.15) is 0 Å². The van der Waals surface area contributed by atoms with Crippen LogP contribution in [-0.2, 0) is 9.68 Å². The van der Waals surface area contributed by atoms with E-state index in [4.69, 9.17) is 9.68 Å². The van der Waals surface area contributed by atoms with Gasteiger partial charge >= 0.3 is 0 Å². The van der Waals surface area contributed by atoms with E-state index in [0.29, 0.717) is 0 Å². The highest BCUT2D eigenvalue weighted by atomic mass is 16.9. The van der Waals surface area contributed by atoms with Gasteiger partial charge in [-0.2, -0.15) is 0 Å². The van der Waals surface area contributed by atoms with Gasteiger partial charge in [-0.25, -0.2) is 0 Å². The maximum atomic E-state index is 5.39. The largest absolute Gasteiger partial charge is 0.277 e. The molecule has 0 aromatic rings. The van der Waals surface area contributed by atoms with E-state index in [2.05, 4.69) is 19.5 Å². The highest BCUT2D eigenvalue weighted by Gasteiger charge is 1.96. The summed E-state index contributed by atoms with van der Waals surface area (Å²) < 4.78 is 0. The van der Waals surface area contributed by atoms with E-state index >= 15 is 0 Å². The third-order valence-corrected chi connectivity index (χ3v) is 7.32. The van der Waals surface area contributed by atoms with Gasteiger partial charge in [0.05, 0.1) is 13.2 Å². The van der Waals surface area contributed by atoms with E-state index in [9.17, 15) is 0 Å². The Kier molecular flexibility index (Phi) is 33.8. The summed E-state index contributed by atoms with van der Waals surface area (Å²) in [6.45, 7) is 6.11. The van der Waals surface area contributed by atoms with E-state index in [1.807, 2.05) is 0 Å². The van der Waals surface area contributed by atoms with Gasteiger partial charge in [-0.15, -0.1) is 0 Å². The molecule has 212 valence electrons. The molecule has 0 aromatic carbocycles. The molecule has 0 rings (SSSR count). The van der Waals surface area contributed by atoms with Crippen LogP contribution in [0.4, 0.5) is 0 Å². The molecular formula is C32H67NO2. The Hall–Kier alpha value is -0.120. The van der Waals surface area contributed by atoms with Crippen LogP contribution in [0, 0.1) is 0 Å². The maximum Gasteiger partial charge on any atom is 0.0709 e. The van der Waals surface area contributed by atoms with Crippen molar-refractivity contribution in [3.8, 4) is 0 Å². The number of unbranched alkanes of at least 4 members (excludes halogenated alkanes) is 26. The molecule has 0 bridgehead atoms. The first-order chi connectivity index (χ1) is 17.4. The molecule has 0 fully saturated rings. The van der Waals surface area contributed by atoms with Crippen molar-refractivity contribution >= 4 is 0 Å². The SMILES string of the molecule is CCCCCCCCCCCCCCCCONOCCCCCCCCCCCCCCCC. The summed E-state index contributed by atoms with van der Waals surface area (Å²) in [7, 11) is 0. The Morgan fingerprint density at radius 3 is 0.714 bits per heavy atom. The molecule has 0 unspecified atom stereocenters. The molecule has 0 aliphatic heterocycles. The fourth-order valence-electron chi connectivity index (χ4n) is 4.86. The van der Waals surface area contributed by atoms with E-state index in [-0.39, 0.29) is 0 Å². The smallest absolute Gasteiger partial charge is 0.0709 e. The average Bonchev–Trinajstić information content (AvgIpc) is 2.87. The highest BCUT2D eigenvalue weighted by molar-refractivity contribution is 4.50. The molecule has 0 heterocycles. The molecule has 0 aliphatic rings. The lowest BCUT2D eigenvalue weighted by atomic mass is 10.0. The molecule has 0 saturated heterocycles. The number of hydrogen-bond acceptors (Lipinski definition) is 3. The lowest BCUT2D eigenvalue weighted by Gasteiger charge is -2.07. The van der Waals surface area contributed by atoms with Crippen LogP contribution in [0.15, 0.2) is 0 Å². The molecule has 0 atom stereocenters. The third-order valence-electron chi connectivity index (χ3n) is 7.32. The fourth-order valence-corrected chi connectivity index (χ4v) is 4.86. The molecule has 0 aromatic heterocycles. The average molecular weight is 498 g/mol. The van der Waals surface area contributed by atoms with Crippen LogP contribution >= 0.6 is 0 Å². The van der Waals surface area contributed by atoms with Crippen LogP contribution in [0.25, 0.3) is 0 Å². The van der Waals surface area contributed by atoms with Gasteiger partial charge in [0, 0.05) is 0 Å². The van der Waals surface area contributed by atoms with Crippen molar-refractivity contribution in [1.82, 2.24) is 5.64 Å². The monoisotopic (exact) mass is 498 g/mol. The van der Waals surface area contributed by atoms with Crippen molar-refractivity contribution in [2.75, 3.05) is 13.2 Å². The number of nitrogens with one attached hydrogen (secondary N) is 1. The molecule has 0 radical (unpaired) electrons. The quantitative estimate of drug-likeness (QED) is 0.0740. The van der Waals surface area contributed by atoms with Gasteiger partial charge in [0.25, 0.3) is 0 Å². The van der Waals surface area contributed by atoms with Crippen LogP contribution in [-0.4, -0.2) is 13.2 Å². The van der Waals surface area contributed by atoms with Crippen molar-refractivity contribution in [3.63, 3.8) is 0 Å². The Morgan fingerprint density at radius 2 is 0.486 bits per heavy atom. The van der Waals surface area contributed by atoms with Crippen molar-refractivity contribution in [1.29, 1.82) is 0 Å². The zero-order valence-corrected chi connectivity index (χ0v) is 24.5. The molecular weight excluding hydrogens is 430 g/mol. The lowest BCUT2D eigenvalue weighted by molar-refractivity contribution is -0.171. The summed E-state index contributed by atoms with van der Waals surface area (Å²) >= 11 is 0. The number of rotatable bonds is 32. The predicted molar refractivity (Wildman–Crippen MR) is 156 cm³/mol. The fraction of sp³-hybridized carbons (Fsp3) is 1.00. The van der Waals surface area contributed by atoms with Crippen molar-refractivity contribution in [3.05, 3.63) is 0 Å². The first kappa shape index (κ1) is 34.9. The maximum absolute atomic E-state index is 5.39. The second-order valence-electron chi connectivity index (χ2n) is 11.0. The molecule has 0 aliphatic carbocycles. The number of hydrogen-bond donors (Lipinski definition) is 1. The van der Waals surface area contributed by atoms with Crippen molar-refractivity contribution < 1.29 is 9.68 Å². The summed E-state index contributed by atoms with van der Waals surface area (Å²) in [6.07, 6.45) is 38.9. The van der Waals surface area contributed by atoms with Gasteiger partial charge in [-0.05, 0) is 12.8 Å². The van der Waals surface area contributed by atoms with E-state index in [1.54, 1.807) is 0 Å². The Labute approximate surface area is 222 Å². The topological polar surface area (TPSA) is 30.5 Å². The highest BCUT2D eigenvalue weighted by Crippen LogP contribution is 2.14. The zero-order valence-electron chi connectivity index (χ0n) is 24.5. The van der Waals surface area contributed by atoms with E-state index in [0.717, 1.165) is 26.1 Å². The Morgan fingerprint density at radius 1 is 0.286 bits per heavy atom. The van der Waals surface area contributed by atoms with Crippen LogP contribution in [0.3, 0.4) is 0 Å². The Balaban J connectivity index is 3.00. The van der Waals surface area contributed by atoms with Crippen molar-refractivity contribution in [2.45, 2.75) is 194 Å². The molecule has 1 N–H and O–H groups in total. The molecule has 3 heteroatoms. The van der Waals surface area contributed by atoms with Gasteiger partial charge in [0.2, 0.25) is 0 Å². The first-order valence-electron chi connectivity index (χ1n) is 16.4. The molecule has 0 spiro atoms. The standard InChI is InChI=1S/C32H67NO2/c1-3-5-7-9-11-13-15-17-19-21-23-25-27-29-31-34-33-35-32-30-28-26-24-22-20-18-16-14-12-10-8-6-4-2/h33H,3-32H2,1-2H3. The van der Waals surface area contributed by atoms with Crippen LogP contribution < -0.4 is 5.64 Å². The Bertz CT molecular complexity index is 318. The normalized spacial score (nSPS) is 11.5. The zero-order chi connectivity index (χ0) is 25.3. The second kappa shape index (κ2) is 33.9. The molecule has 35 heavy (non-hydrogen) atoms. The van der Waals surface area contributed by atoms with E-state index in [1.165, 1.54) is 167 Å². The summed E-state index contributed by atoms with van der Waals surface area (Å²) in [5, 5.41) is 0. The van der Waals surface area contributed by atoms with Crippen LogP contribution in [0.1, 0.15) is 194 Å². The minimum Gasteiger partial charge on any atom is -0.277 e. The lowest BCUT2D eigenvalue weighted by Crippen LogP contribution is -2.16. The first-order valence-corrected chi connectivity index (χ1v) is 16.4. The summed E-state index contributed by atoms with van der Waals surface area (Å²) in [6, 6.07) is 0. The van der Waals surface area contributed by atoms with Gasteiger partial charge in [-0.1, -0.05) is 186 Å². The van der Waals surface area contributed by atoms with Crippen molar-refractivity contribution in [2.24, 2.45) is 0 Å². The van der Waals surface area contributed by atoms with Gasteiger partial charge < -0.3 is 0 Å². The van der Waals surface area contributed by atoms with Gasteiger partial charge in [0.15, 0.2) is 0 Å². The summed E-state index contributed by atoms with van der Waals surface area (Å²) in [5.41, 5.74) is 2.68. The second-order valence-corrected chi connectivity index (χ2v) is 11.0. The molecule has 3 nitrogen and oxygen atoms in total. The summed E-state index contributed by atoms with van der Waals surface area (Å²) in [5.74, 6) is 0. The summed E-state index contributed by atoms with van der Waals surface area (Å²) in [4.78, 5) is 10.8. The van der Waals surface area contributed by atoms with Gasteiger partial charge in [-0.3, -0.25) is 9.68 Å². The third kappa shape index (κ3) is 33.9.